The first-order chi connectivity index (χ1) is 6.39. The topological polar surface area (TPSA) is 34.1 Å². The summed E-state index contributed by atoms with van der Waals surface area (Å²) in [5, 5.41) is 0. The molecule has 0 aliphatic carbocycles. The van der Waals surface area contributed by atoms with Crippen LogP contribution in [0.25, 0.3) is 0 Å². The SMILES string of the molecule is CC(=O)C(F)(F)C(F)(F)C(F)(F)C(C)=O. The molecule has 8 heteroatoms. The van der Waals surface area contributed by atoms with Crippen molar-refractivity contribution in [1.29, 1.82) is 0 Å². The Morgan fingerprint density at radius 3 is 1.07 bits per heavy atom. The molecular weight excluding hydrogens is 230 g/mol. The lowest BCUT2D eigenvalue weighted by Gasteiger charge is -2.29. The van der Waals surface area contributed by atoms with Gasteiger partial charge >= 0.3 is 17.8 Å². The molecule has 2 nitrogen and oxygen atoms in total. The first-order valence-electron chi connectivity index (χ1n) is 3.54. The first kappa shape index (κ1) is 13.9. The second kappa shape index (κ2) is 3.49. The van der Waals surface area contributed by atoms with E-state index in [2.05, 4.69) is 0 Å². The Balaban J connectivity index is 5.50. The average Bonchev–Trinajstić information content (AvgIpc) is 2.02. The Labute approximate surface area is 80.2 Å². The summed E-state index contributed by atoms with van der Waals surface area (Å²) in [5.74, 6) is -22.1. The molecule has 0 aromatic carbocycles. The van der Waals surface area contributed by atoms with Gasteiger partial charge in [0.2, 0.25) is 11.6 Å². The van der Waals surface area contributed by atoms with Crippen LogP contribution in [0.3, 0.4) is 0 Å². The van der Waals surface area contributed by atoms with Crippen molar-refractivity contribution in [2.45, 2.75) is 31.6 Å². The fraction of sp³-hybridized carbons (Fsp3) is 0.714. The molecule has 0 saturated carbocycles. The van der Waals surface area contributed by atoms with Gasteiger partial charge in [-0.1, -0.05) is 0 Å². The van der Waals surface area contributed by atoms with Gasteiger partial charge in [-0.2, -0.15) is 26.3 Å². The van der Waals surface area contributed by atoms with Crippen molar-refractivity contribution in [2.75, 3.05) is 0 Å². The summed E-state index contributed by atoms with van der Waals surface area (Å²) < 4.78 is 74.9. The molecule has 0 N–H and O–H groups in total. The van der Waals surface area contributed by atoms with E-state index in [1.165, 1.54) is 0 Å². The van der Waals surface area contributed by atoms with Gasteiger partial charge in [0.15, 0.2) is 0 Å². The van der Waals surface area contributed by atoms with E-state index in [0.29, 0.717) is 0 Å². The number of ketones is 2. The lowest BCUT2D eigenvalue weighted by Crippen LogP contribution is -2.60. The van der Waals surface area contributed by atoms with Crippen molar-refractivity contribution >= 4 is 11.6 Å². The van der Waals surface area contributed by atoms with Gasteiger partial charge < -0.3 is 0 Å². The summed E-state index contributed by atoms with van der Waals surface area (Å²) in [6.45, 7) is 0.0637. The first-order valence-corrected chi connectivity index (χ1v) is 3.54. The van der Waals surface area contributed by atoms with Gasteiger partial charge in [0.1, 0.15) is 0 Å². The van der Waals surface area contributed by atoms with Crippen molar-refractivity contribution in [1.82, 2.24) is 0 Å². The fourth-order valence-corrected chi connectivity index (χ4v) is 0.639. The third-order valence-corrected chi connectivity index (χ3v) is 1.67. The standard InChI is InChI=1S/C7H6F6O2/c1-3(14)5(8,9)7(12,13)6(10,11)4(2)15/h1-2H3. The number of carbonyl (C=O) groups is 2. The summed E-state index contributed by atoms with van der Waals surface area (Å²) in [6.07, 6.45) is 0. The maximum atomic E-state index is 12.5. The number of Topliss-reactive ketones (excluding diaryl/α,β-unsaturated/α-hetero) is 2. The van der Waals surface area contributed by atoms with Crippen LogP contribution in [0.15, 0.2) is 0 Å². The summed E-state index contributed by atoms with van der Waals surface area (Å²) in [5.41, 5.74) is 0. The average molecular weight is 236 g/mol. The minimum atomic E-state index is -6.03. The number of hydrogen-bond donors (Lipinski definition) is 0. The molecule has 88 valence electrons. The summed E-state index contributed by atoms with van der Waals surface area (Å²) >= 11 is 0. The number of alkyl halides is 6. The number of carbonyl (C=O) groups excluding carboxylic acids is 2. The van der Waals surface area contributed by atoms with Crippen molar-refractivity contribution in [3.8, 4) is 0 Å². The zero-order valence-corrected chi connectivity index (χ0v) is 7.58. The van der Waals surface area contributed by atoms with E-state index in [4.69, 9.17) is 0 Å². The highest BCUT2D eigenvalue weighted by atomic mass is 19.3. The molecule has 0 bridgehead atoms. The van der Waals surface area contributed by atoms with Crippen LogP contribution in [0.2, 0.25) is 0 Å². The van der Waals surface area contributed by atoms with Crippen LogP contribution in [0.4, 0.5) is 26.3 Å². The normalized spacial score (nSPS) is 13.9. The Morgan fingerprint density at radius 2 is 0.933 bits per heavy atom. The van der Waals surface area contributed by atoms with Crippen LogP contribution in [0, 0.1) is 0 Å². The van der Waals surface area contributed by atoms with E-state index in [9.17, 15) is 35.9 Å². The highest BCUT2D eigenvalue weighted by Crippen LogP contribution is 2.46. The summed E-state index contributed by atoms with van der Waals surface area (Å²) in [6, 6.07) is 0. The van der Waals surface area contributed by atoms with Gasteiger partial charge in [-0.25, -0.2) is 0 Å². The Bertz CT molecular complexity index is 268. The molecule has 0 unspecified atom stereocenters. The Morgan fingerprint density at radius 1 is 0.733 bits per heavy atom. The van der Waals surface area contributed by atoms with Gasteiger partial charge in [0, 0.05) is 13.8 Å². The quantitative estimate of drug-likeness (QED) is 0.700. The van der Waals surface area contributed by atoms with Gasteiger partial charge in [0.05, 0.1) is 0 Å². The van der Waals surface area contributed by atoms with Crippen molar-refractivity contribution in [2.24, 2.45) is 0 Å². The van der Waals surface area contributed by atoms with Gasteiger partial charge in [-0.3, -0.25) is 9.59 Å². The molecule has 0 fully saturated rings. The fourth-order valence-electron chi connectivity index (χ4n) is 0.639. The molecule has 0 amide bonds. The van der Waals surface area contributed by atoms with Gasteiger partial charge in [-0.05, 0) is 0 Å². The zero-order valence-electron chi connectivity index (χ0n) is 7.58. The van der Waals surface area contributed by atoms with Crippen LogP contribution in [0.5, 0.6) is 0 Å². The molecule has 0 aromatic rings. The maximum Gasteiger partial charge on any atom is 0.386 e. The van der Waals surface area contributed by atoms with Crippen LogP contribution >= 0.6 is 0 Å². The monoisotopic (exact) mass is 236 g/mol. The van der Waals surface area contributed by atoms with Crippen molar-refractivity contribution in [3.05, 3.63) is 0 Å². The maximum absolute atomic E-state index is 12.5. The lowest BCUT2D eigenvalue weighted by molar-refractivity contribution is -0.284. The second-order valence-electron chi connectivity index (χ2n) is 2.84. The largest absolute Gasteiger partial charge is 0.386 e. The molecule has 0 saturated heterocycles. The van der Waals surface area contributed by atoms with Gasteiger partial charge in [-0.15, -0.1) is 0 Å². The molecule has 0 radical (unpaired) electrons. The Kier molecular flexibility index (Phi) is 3.24. The van der Waals surface area contributed by atoms with E-state index in [-0.39, 0.29) is 13.8 Å². The highest BCUT2D eigenvalue weighted by molar-refractivity contribution is 5.89. The molecular formula is C7H6F6O2. The molecule has 0 aliphatic heterocycles. The summed E-state index contributed by atoms with van der Waals surface area (Å²) in [7, 11) is 0. The molecule has 0 rings (SSSR count). The third-order valence-electron chi connectivity index (χ3n) is 1.67. The number of rotatable bonds is 4. The van der Waals surface area contributed by atoms with Gasteiger partial charge in [0.25, 0.3) is 0 Å². The van der Waals surface area contributed by atoms with E-state index in [0.717, 1.165) is 0 Å². The predicted molar refractivity (Wildman–Crippen MR) is 36.2 cm³/mol. The minimum absolute atomic E-state index is 0.0319. The third kappa shape index (κ3) is 1.84. The number of hydrogen-bond acceptors (Lipinski definition) is 2. The molecule has 15 heavy (non-hydrogen) atoms. The van der Waals surface area contributed by atoms with E-state index in [1.807, 2.05) is 0 Å². The summed E-state index contributed by atoms with van der Waals surface area (Å²) in [4.78, 5) is 20.2. The van der Waals surface area contributed by atoms with Crippen LogP contribution < -0.4 is 0 Å². The number of halogens is 6. The predicted octanol–water partition coefficient (Wildman–Crippen LogP) is 2.07. The minimum Gasteiger partial charge on any atom is -0.293 e. The van der Waals surface area contributed by atoms with Crippen molar-refractivity contribution in [3.63, 3.8) is 0 Å². The Hall–Kier alpha value is -1.08. The highest BCUT2D eigenvalue weighted by Gasteiger charge is 2.75. The molecule has 0 aliphatic rings. The second-order valence-corrected chi connectivity index (χ2v) is 2.84. The molecule has 0 heterocycles. The van der Waals surface area contributed by atoms with Crippen molar-refractivity contribution < 1.29 is 35.9 Å². The smallest absolute Gasteiger partial charge is 0.293 e. The van der Waals surface area contributed by atoms with E-state index >= 15 is 0 Å². The van der Waals surface area contributed by atoms with Crippen LogP contribution in [-0.4, -0.2) is 29.3 Å². The van der Waals surface area contributed by atoms with Crippen LogP contribution in [-0.2, 0) is 9.59 Å². The van der Waals surface area contributed by atoms with E-state index < -0.39 is 29.3 Å². The molecule has 0 atom stereocenters. The van der Waals surface area contributed by atoms with E-state index in [1.54, 1.807) is 0 Å². The lowest BCUT2D eigenvalue weighted by atomic mass is 9.99. The zero-order chi connectivity index (χ0) is 12.7. The van der Waals surface area contributed by atoms with Crippen LogP contribution in [0.1, 0.15) is 13.8 Å². The molecule has 0 aromatic heterocycles. The molecule has 0 spiro atoms.